The summed E-state index contributed by atoms with van der Waals surface area (Å²) in [6, 6.07) is 3.98. The molecule has 2 N–H and O–H groups in total. The van der Waals surface area contributed by atoms with Crippen LogP contribution >= 0.6 is 0 Å². The van der Waals surface area contributed by atoms with E-state index >= 15 is 0 Å². The first-order valence-electron chi connectivity index (χ1n) is 7.28. The topological polar surface area (TPSA) is 66.5 Å². The molecule has 1 aromatic rings. The number of methoxy groups -OCH3 is 1. The van der Waals surface area contributed by atoms with Gasteiger partial charge < -0.3 is 15.4 Å². The highest BCUT2D eigenvalue weighted by molar-refractivity contribution is 5.77. The SMILES string of the molecule is CCCNc1ccnc(CN(C)CC(=O)NCCOC)c1. The van der Waals surface area contributed by atoms with Crippen molar-refractivity contribution in [1.82, 2.24) is 15.2 Å². The van der Waals surface area contributed by atoms with Crippen LogP contribution in [0.3, 0.4) is 0 Å². The van der Waals surface area contributed by atoms with E-state index < -0.39 is 0 Å². The van der Waals surface area contributed by atoms with Crippen molar-refractivity contribution >= 4 is 11.6 Å². The number of nitrogens with one attached hydrogen (secondary N) is 2. The lowest BCUT2D eigenvalue weighted by Gasteiger charge is -2.16. The number of rotatable bonds is 10. The van der Waals surface area contributed by atoms with Gasteiger partial charge in [0.2, 0.25) is 5.91 Å². The first-order chi connectivity index (χ1) is 10.2. The van der Waals surface area contributed by atoms with Gasteiger partial charge in [0.15, 0.2) is 0 Å². The van der Waals surface area contributed by atoms with Gasteiger partial charge in [-0.05, 0) is 25.6 Å². The molecular weight excluding hydrogens is 268 g/mol. The van der Waals surface area contributed by atoms with Crippen LogP contribution in [0.25, 0.3) is 0 Å². The van der Waals surface area contributed by atoms with Crippen molar-refractivity contribution in [1.29, 1.82) is 0 Å². The van der Waals surface area contributed by atoms with Gasteiger partial charge in [0.25, 0.3) is 0 Å². The Morgan fingerprint density at radius 2 is 2.24 bits per heavy atom. The van der Waals surface area contributed by atoms with Crippen molar-refractivity contribution in [3.63, 3.8) is 0 Å². The number of ether oxygens (including phenoxy) is 1. The third kappa shape index (κ3) is 7.63. The molecule has 0 spiro atoms. The molecule has 0 bridgehead atoms. The summed E-state index contributed by atoms with van der Waals surface area (Å²) in [6.45, 7) is 5.13. The van der Waals surface area contributed by atoms with E-state index in [0.717, 1.165) is 24.3 Å². The molecule has 0 saturated carbocycles. The van der Waals surface area contributed by atoms with E-state index in [-0.39, 0.29) is 5.91 Å². The lowest BCUT2D eigenvalue weighted by molar-refractivity contribution is -0.122. The summed E-state index contributed by atoms with van der Waals surface area (Å²) in [5.74, 6) is -0.00480. The van der Waals surface area contributed by atoms with Crippen LogP contribution in [0.15, 0.2) is 18.3 Å². The Morgan fingerprint density at radius 3 is 2.95 bits per heavy atom. The molecule has 1 amide bonds. The van der Waals surface area contributed by atoms with Crippen LogP contribution in [0.1, 0.15) is 19.0 Å². The standard InChI is InChI=1S/C15H26N4O2/c1-4-6-16-13-5-7-17-14(10-13)11-19(2)12-15(20)18-8-9-21-3/h5,7,10H,4,6,8-9,11-12H2,1-3H3,(H,16,17)(H,18,20). The van der Waals surface area contributed by atoms with E-state index in [2.05, 4.69) is 22.5 Å². The Morgan fingerprint density at radius 1 is 1.43 bits per heavy atom. The molecule has 0 saturated heterocycles. The first-order valence-corrected chi connectivity index (χ1v) is 7.28. The number of amides is 1. The summed E-state index contributed by atoms with van der Waals surface area (Å²) in [5.41, 5.74) is 2.02. The molecule has 6 heteroatoms. The molecular formula is C15H26N4O2. The fourth-order valence-electron chi connectivity index (χ4n) is 1.87. The highest BCUT2D eigenvalue weighted by Crippen LogP contribution is 2.09. The minimum Gasteiger partial charge on any atom is -0.385 e. The third-order valence-corrected chi connectivity index (χ3v) is 2.87. The summed E-state index contributed by atoms with van der Waals surface area (Å²) >= 11 is 0. The van der Waals surface area contributed by atoms with Crippen molar-refractivity contribution in [2.75, 3.05) is 45.7 Å². The number of anilines is 1. The molecule has 1 aromatic heterocycles. The second kappa shape index (κ2) is 10.1. The fraction of sp³-hybridized carbons (Fsp3) is 0.600. The minimum atomic E-state index is -0.00480. The second-order valence-electron chi connectivity index (χ2n) is 4.98. The maximum absolute atomic E-state index is 11.7. The third-order valence-electron chi connectivity index (χ3n) is 2.87. The molecule has 118 valence electrons. The summed E-state index contributed by atoms with van der Waals surface area (Å²) in [7, 11) is 3.52. The number of pyridine rings is 1. The minimum absolute atomic E-state index is 0.00480. The summed E-state index contributed by atoms with van der Waals surface area (Å²) < 4.78 is 4.89. The monoisotopic (exact) mass is 294 g/mol. The van der Waals surface area contributed by atoms with Crippen LogP contribution in [-0.4, -0.2) is 56.2 Å². The number of carbonyl (C=O) groups excluding carboxylic acids is 1. The van der Waals surface area contributed by atoms with Crippen LogP contribution in [0, 0.1) is 0 Å². The quantitative estimate of drug-likeness (QED) is 0.633. The van der Waals surface area contributed by atoms with Crippen molar-refractivity contribution < 1.29 is 9.53 Å². The molecule has 0 aromatic carbocycles. The zero-order valence-corrected chi connectivity index (χ0v) is 13.2. The van der Waals surface area contributed by atoms with Crippen LogP contribution in [0.4, 0.5) is 5.69 Å². The summed E-state index contributed by atoms with van der Waals surface area (Å²) in [6.07, 6.45) is 2.87. The molecule has 1 rings (SSSR count). The second-order valence-corrected chi connectivity index (χ2v) is 4.98. The van der Waals surface area contributed by atoms with E-state index in [1.165, 1.54) is 0 Å². The van der Waals surface area contributed by atoms with Crippen LogP contribution in [0.5, 0.6) is 0 Å². The molecule has 1 heterocycles. The van der Waals surface area contributed by atoms with Gasteiger partial charge in [-0.15, -0.1) is 0 Å². The van der Waals surface area contributed by atoms with Gasteiger partial charge in [-0.1, -0.05) is 6.92 Å². The van der Waals surface area contributed by atoms with E-state index in [1.54, 1.807) is 13.3 Å². The van der Waals surface area contributed by atoms with Gasteiger partial charge >= 0.3 is 0 Å². The molecule has 21 heavy (non-hydrogen) atoms. The normalized spacial score (nSPS) is 10.7. The highest BCUT2D eigenvalue weighted by atomic mass is 16.5. The van der Waals surface area contributed by atoms with Gasteiger partial charge in [-0.25, -0.2) is 0 Å². The van der Waals surface area contributed by atoms with Crippen molar-refractivity contribution in [3.05, 3.63) is 24.0 Å². The number of carbonyl (C=O) groups is 1. The Hall–Kier alpha value is -1.66. The molecule has 0 unspecified atom stereocenters. The zero-order chi connectivity index (χ0) is 15.5. The van der Waals surface area contributed by atoms with Crippen molar-refractivity contribution in [2.24, 2.45) is 0 Å². The number of nitrogens with zero attached hydrogens (tertiary/aromatic N) is 2. The Bertz CT molecular complexity index is 426. The predicted octanol–water partition coefficient (Wildman–Crippen LogP) is 1.10. The van der Waals surface area contributed by atoms with E-state index in [1.807, 2.05) is 24.1 Å². The van der Waals surface area contributed by atoms with Crippen LogP contribution in [-0.2, 0) is 16.1 Å². The van der Waals surface area contributed by atoms with E-state index in [9.17, 15) is 4.79 Å². The zero-order valence-electron chi connectivity index (χ0n) is 13.2. The Labute approximate surface area is 126 Å². The van der Waals surface area contributed by atoms with E-state index in [0.29, 0.717) is 26.2 Å². The first kappa shape index (κ1) is 17.4. The molecule has 0 aliphatic heterocycles. The number of aromatic nitrogens is 1. The largest absolute Gasteiger partial charge is 0.385 e. The lowest BCUT2D eigenvalue weighted by atomic mass is 10.3. The molecule has 6 nitrogen and oxygen atoms in total. The predicted molar refractivity (Wildman–Crippen MR) is 84.2 cm³/mol. The molecule has 0 aliphatic rings. The van der Waals surface area contributed by atoms with Gasteiger partial charge in [0.05, 0.1) is 18.8 Å². The molecule has 0 radical (unpaired) electrons. The lowest BCUT2D eigenvalue weighted by Crippen LogP contribution is -2.36. The maximum atomic E-state index is 11.7. The smallest absolute Gasteiger partial charge is 0.234 e. The number of likely N-dealkylation sites (N-methyl/N-ethyl adjacent to an activating group) is 1. The number of hydrogen-bond donors (Lipinski definition) is 2. The molecule has 0 atom stereocenters. The van der Waals surface area contributed by atoms with Gasteiger partial charge in [-0.3, -0.25) is 14.7 Å². The average Bonchev–Trinajstić information content (AvgIpc) is 2.45. The number of hydrogen-bond acceptors (Lipinski definition) is 5. The molecule has 0 fully saturated rings. The summed E-state index contributed by atoms with van der Waals surface area (Å²) in [4.78, 5) is 18.0. The van der Waals surface area contributed by atoms with Crippen LogP contribution < -0.4 is 10.6 Å². The molecule has 0 aliphatic carbocycles. The van der Waals surface area contributed by atoms with Crippen molar-refractivity contribution in [3.8, 4) is 0 Å². The van der Waals surface area contributed by atoms with Crippen molar-refractivity contribution in [2.45, 2.75) is 19.9 Å². The van der Waals surface area contributed by atoms with E-state index in [4.69, 9.17) is 4.74 Å². The van der Waals surface area contributed by atoms with Gasteiger partial charge in [0, 0.05) is 38.6 Å². The maximum Gasteiger partial charge on any atom is 0.234 e. The fourth-order valence-corrected chi connectivity index (χ4v) is 1.87. The summed E-state index contributed by atoms with van der Waals surface area (Å²) in [5, 5.41) is 6.13. The van der Waals surface area contributed by atoms with Gasteiger partial charge in [-0.2, -0.15) is 0 Å². The average molecular weight is 294 g/mol. The Kier molecular flexibility index (Phi) is 8.38. The van der Waals surface area contributed by atoms with Crippen LogP contribution in [0.2, 0.25) is 0 Å². The van der Waals surface area contributed by atoms with Gasteiger partial charge in [0.1, 0.15) is 0 Å². The Balaban J connectivity index is 2.39. The highest BCUT2D eigenvalue weighted by Gasteiger charge is 2.07.